The molecule has 0 aromatic carbocycles. The van der Waals surface area contributed by atoms with Gasteiger partial charge >= 0.3 is 12.0 Å². The summed E-state index contributed by atoms with van der Waals surface area (Å²) in [6.45, 7) is 8.01. The molecule has 0 bridgehead atoms. The maximum Gasteiger partial charge on any atom is 0.325 e. The number of urea groups is 1. The van der Waals surface area contributed by atoms with E-state index in [1.165, 1.54) is 18.9 Å². The van der Waals surface area contributed by atoms with Gasteiger partial charge in [0.1, 0.15) is 12.1 Å². The van der Waals surface area contributed by atoms with E-state index >= 15 is 0 Å². The Morgan fingerprint density at radius 3 is 2.40 bits per heavy atom. The van der Waals surface area contributed by atoms with E-state index in [1.54, 1.807) is 13.8 Å². The highest BCUT2D eigenvalue weighted by Gasteiger charge is 2.65. The first-order valence-electron chi connectivity index (χ1n) is 14.0. The summed E-state index contributed by atoms with van der Waals surface area (Å²) in [5.74, 6) is -5.31. The molecule has 4 aliphatic rings. The first-order chi connectivity index (χ1) is 19.1. The van der Waals surface area contributed by atoms with Crippen molar-refractivity contribution in [3.63, 3.8) is 0 Å². The fourth-order valence-electron chi connectivity index (χ4n) is 6.69. The first kappa shape index (κ1) is 29.7. The lowest BCUT2D eigenvalue weighted by molar-refractivity contribution is -0.151. The van der Waals surface area contributed by atoms with Crippen LogP contribution in [0, 0.1) is 17.8 Å². The molecule has 3 heterocycles. The number of likely N-dealkylation sites (tertiary alicyclic amines) is 1. The van der Waals surface area contributed by atoms with Crippen LogP contribution >= 0.6 is 0 Å². The van der Waals surface area contributed by atoms with E-state index < -0.39 is 59.6 Å². The molecule has 1 aliphatic carbocycles. The number of carbonyl (C=O) groups excluding carboxylic acids is 6. The highest BCUT2D eigenvalue weighted by molar-refractivity contribution is 6.12. The monoisotopic (exact) mass is 561 g/mol. The Bertz CT molecular complexity index is 1120. The molecule has 2 saturated heterocycles. The molecule has 40 heavy (non-hydrogen) atoms. The zero-order valence-corrected chi connectivity index (χ0v) is 23.6. The second-order valence-corrected chi connectivity index (χ2v) is 10.7. The summed E-state index contributed by atoms with van der Waals surface area (Å²) in [7, 11) is 1.18. The van der Waals surface area contributed by atoms with Gasteiger partial charge in [0.15, 0.2) is 0 Å². The summed E-state index contributed by atoms with van der Waals surface area (Å²) in [4.78, 5) is 84.5. The maximum atomic E-state index is 14.0. The zero-order valence-electron chi connectivity index (χ0n) is 23.6. The topological polar surface area (TPSA) is 155 Å². The molecule has 13 nitrogen and oxygen atoms in total. The van der Waals surface area contributed by atoms with Crippen LogP contribution < -0.4 is 10.6 Å². The number of fused-ring (bicyclic) bond motifs is 3. The molecular formula is C27H39N5O8. The van der Waals surface area contributed by atoms with Gasteiger partial charge in [0.05, 0.1) is 32.2 Å². The van der Waals surface area contributed by atoms with Gasteiger partial charge in [0, 0.05) is 44.2 Å². The lowest BCUT2D eigenvalue weighted by Crippen LogP contribution is -2.71. The van der Waals surface area contributed by atoms with Crippen molar-refractivity contribution in [1.29, 1.82) is 0 Å². The van der Waals surface area contributed by atoms with Crippen LogP contribution in [0.25, 0.3) is 0 Å². The molecule has 4 atom stereocenters. The summed E-state index contributed by atoms with van der Waals surface area (Å²) in [5.41, 5.74) is -0.883. The number of nitrogens with zero attached hydrogens (tertiary/aromatic N) is 3. The molecule has 220 valence electrons. The summed E-state index contributed by atoms with van der Waals surface area (Å²) in [5, 5.41) is 5.30. The molecular weight excluding hydrogens is 522 g/mol. The summed E-state index contributed by atoms with van der Waals surface area (Å²) in [6, 6.07) is -0.773. The van der Waals surface area contributed by atoms with Gasteiger partial charge in [-0.05, 0) is 33.1 Å². The van der Waals surface area contributed by atoms with Crippen molar-refractivity contribution >= 4 is 35.6 Å². The van der Waals surface area contributed by atoms with Crippen LogP contribution in [0.5, 0.6) is 0 Å². The second kappa shape index (κ2) is 12.0. The van der Waals surface area contributed by atoms with Crippen molar-refractivity contribution in [2.45, 2.75) is 45.6 Å². The third kappa shape index (κ3) is 5.00. The Morgan fingerprint density at radius 1 is 1.07 bits per heavy atom. The van der Waals surface area contributed by atoms with Crippen LogP contribution in [0.4, 0.5) is 4.79 Å². The predicted molar refractivity (Wildman–Crippen MR) is 140 cm³/mol. The standard InChI is InChI=1S/C27H39N5O8/c1-5-16-17-7-8-18-20(24(36)31(6-2)22(18)34)21(17)27(3,25(37)29-15-19(33)39-4)32(23(16)35)26(38)28-9-10-30-11-13-40-14-12-30/h18,20-21H,5-15H2,1-4H3,(H,28,38)(H,29,37)/t18-,20-,21+,27+/m1/s1. The molecule has 1 saturated carbocycles. The highest BCUT2D eigenvalue weighted by Crippen LogP contribution is 2.54. The van der Waals surface area contributed by atoms with E-state index in [-0.39, 0.29) is 19.0 Å². The third-order valence-corrected chi connectivity index (χ3v) is 8.71. The molecule has 0 aromatic heterocycles. The molecule has 0 radical (unpaired) electrons. The Kier molecular flexibility index (Phi) is 8.93. The number of rotatable bonds is 8. The molecule has 0 spiro atoms. The van der Waals surface area contributed by atoms with E-state index in [0.717, 1.165) is 4.90 Å². The van der Waals surface area contributed by atoms with Crippen molar-refractivity contribution in [1.82, 2.24) is 25.3 Å². The quantitative estimate of drug-likeness (QED) is 0.299. The van der Waals surface area contributed by atoms with Gasteiger partial charge < -0.3 is 20.1 Å². The Labute approximate surface area is 233 Å². The Morgan fingerprint density at radius 2 is 1.77 bits per heavy atom. The molecule has 6 amide bonds. The lowest BCUT2D eigenvalue weighted by Gasteiger charge is -2.52. The molecule has 0 unspecified atom stereocenters. The van der Waals surface area contributed by atoms with Gasteiger partial charge in [0.25, 0.3) is 5.91 Å². The number of ether oxygens (including phenoxy) is 2. The van der Waals surface area contributed by atoms with Gasteiger partial charge in [-0.3, -0.25) is 33.8 Å². The van der Waals surface area contributed by atoms with Gasteiger partial charge in [-0.1, -0.05) is 12.5 Å². The molecule has 3 aliphatic heterocycles. The number of hydrogen-bond acceptors (Lipinski definition) is 9. The largest absolute Gasteiger partial charge is 0.468 e. The van der Waals surface area contributed by atoms with Gasteiger partial charge in [-0.25, -0.2) is 9.69 Å². The highest BCUT2D eigenvalue weighted by atomic mass is 16.5. The molecule has 2 N–H and O–H groups in total. The number of morpholine rings is 1. The first-order valence-corrected chi connectivity index (χ1v) is 14.0. The molecule has 3 fully saturated rings. The van der Waals surface area contributed by atoms with Gasteiger partial charge in [-0.15, -0.1) is 0 Å². The van der Waals surface area contributed by atoms with Crippen molar-refractivity contribution in [2.24, 2.45) is 17.8 Å². The van der Waals surface area contributed by atoms with E-state index in [9.17, 15) is 28.8 Å². The number of nitrogens with one attached hydrogen (secondary N) is 2. The minimum atomic E-state index is -1.88. The van der Waals surface area contributed by atoms with Gasteiger partial charge in [0.2, 0.25) is 17.7 Å². The van der Waals surface area contributed by atoms with E-state index in [1.807, 2.05) is 0 Å². The van der Waals surface area contributed by atoms with Crippen molar-refractivity contribution in [3.8, 4) is 0 Å². The zero-order chi connectivity index (χ0) is 29.2. The fourth-order valence-corrected chi connectivity index (χ4v) is 6.69. The fraction of sp³-hybridized carbons (Fsp3) is 0.704. The van der Waals surface area contributed by atoms with Crippen LogP contribution in [0.1, 0.15) is 40.0 Å². The smallest absolute Gasteiger partial charge is 0.325 e. The number of hydrogen-bond donors (Lipinski definition) is 2. The van der Waals surface area contributed by atoms with Crippen molar-refractivity contribution < 1.29 is 38.2 Å². The number of methoxy groups -OCH3 is 1. The summed E-state index contributed by atoms with van der Waals surface area (Å²) >= 11 is 0. The average Bonchev–Trinajstić information content (AvgIpc) is 3.20. The minimum Gasteiger partial charge on any atom is -0.468 e. The predicted octanol–water partition coefficient (Wildman–Crippen LogP) is -0.344. The summed E-state index contributed by atoms with van der Waals surface area (Å²) in [6.07, 6.45) is 1.02. The minimum absolute atomic E-state index is 0.187. The SMILES string of the molecule is CCC1=C2CC[C@H]3C(=O)N(CC)C(=O)[C@H]3[C@H]2[C@@](C)(C(=O)NCC(=O)OC)N(C(=O)NCCN2CCOCC2)C1=O. The van der Waals surface area contributed by atoms with Crippen molar-refractivity contribution in [2.75, 3.05) is 59.6 Å². The normalized spacial score (nSPS) is 28.8. The Balaban J connectivity index is 1.74. The van der Waals surface area contributed by atoms with E-state index in [4.69, 9.17) is 4.74 Å². The van der Waals surface area contributed by atoms with Crippen molar-refractivity contribution in [3.05, 3.63) is 11.1 Å². The van der Waals surface area contributed by atoms with Crippen LogP contribution in [0.3, 0.4) is 0 Å². The second-order valence-electron chi connectivity index (χ2n) is 10.7. The number of esters is 1. The Hall–Kier alpha value is -3.32. The van der Waals surface area contributed by atoms with Gasteiger partial charge in [-0.2, -0.15) is 0 Å². The summed E-state index contributed by atoms with van der Waals surface area (Å²) < 4.78 is 10.0. The molecule has 0 aromatic rings. The number of amides is 6. The van der Waals surface area contributed by atoms with Crippen LogP contribution in [-0.4, -0.2) is 115 Å². The van der Waals surface area contributed by atoms with Crippen LogP contribution in [-0.2, 0) is 33.4 Å². The molecule has 4 rings (SSSR count). The van der Waals surface area contributed by atoms with Crippen LogP contribution in [0.2, 0.25) is 0 Å². The molecule has 13 heteroatoms. The van der Waals surface area contributed by atoms with E-state index in [2.05, 4.69) is 20.3 Å². The maximum absolute atomic E-state index is 14.0. The third-order valence-electron chi connectivity index (χ3n) is 8.71. The van der Waals surface area contributed by atoms with Crippen LogP contribution in [0.15, 0.2) is 11.1 Å². The lowest BCUT2D eigenvalue weighted by atomic mass is 9.59. The number of imide groups is 2. The number of carbonyl (C=O) groups is 6. The average molecular weight is 562 g/mol. The van der Waals surface area contributed by atoms with E-state index in [0.29, 0.717) is 63.3 Å².